The molecular formula is C27H30ClN9O4. The standard InChI is InChI=1S/C27H30ClN9O4/c1-29-26(38)24-20(15-22(28)33-34-24)31-21-14-17(13-18(25(21)40-4)19-9-12-37(3)35-19)8-11-36(2)16-41-27(39)32-23-7-5-6-10-30-23/h5-7,9-10,12-15H,8,11,16H2,1-4H3,(H,29,38)(H,31,33)(H,30,32,39). The molecule has 3 N–H and O–H groups in total. The first-order valence-corrected chi connectivity index (χ1v) is 12.9. The van der Waals surface area contributed by atoms with Gasteiger partial charge < -0.3 is 20.1 Å². The number of nitrogens with one attached hydrogen (secondary N) is 3. The SMILES string of the molecule is CNC(=O)c1nnc(Cl)cc1Nc1cc(CCN(C)COC(=O)Nc2ccccn2)cc(-c2ccn(C)n2)c1OC. The number of anilines is 3. The highest BCUT2D eigenvalue weighted by molar-refractivity contribution is 6.29. The number of carbonyl (C=O) groups is 2. The number of rotatable bonds is 11. The highest BCUT2D eigenvalue weighted by atomic mass is 35.5. The number of hydrogen-bond acceptors (Lipinski definition) is 10. The molecule has 3 aromatic heterocycles. The lowest BCUT2D eigenvalue weighted by molar-refractivity contribution is 0.0937. The Morgan fingerprint density at radius 3 is 2.63 bits per heavy atom. The molecule has 3 heterocycles. The molecule has 0 unspecified atom stereocenters. The van der Waals surface area contributed by atoms with E-state index in [4.69, 9.17) is 21.1 Å². The number of aryl methyl sites for hydroxylation is 1. The highest BCUT2D eigenvalue weighted by Crippen LogP contribution is 2.39. The molecule has 0 fully saturated rings. The quantitative estimate of drug-likeness (QED) is 0.224. The maximum atomic E-state index is 12.4. The number of aromatic nitrogens is 5. The van der Waals surface area contributed by atoms with Crippen LogP contribution in [-0.2, 0) is 18.2 Å². The lowest BCUT2D eigenvalue weighted by Gasteiger charge is -2.20. The fourth-order valence-corrected chi connectivity index (χ4v) is 4.07. The molecule has 41 heavy (non-hydrogen) atoms. The minimum atomic E-state index is -0.597. The maximum absolute atomic E-state index is 12.4. The third-order valence-electron chi connectivity index (χ3n) is 5.91. The Balaban J connectivity index is 1.56. The smallest absolute Gasteiger partial charge is 0.414 e. The van der Waals surface area contributed by atoms with Crippen LogP contribution >= 0.6 is 11.6 Å². The second-order valence-corrected chi connectivity index (χ2v) is 9.35. The van der Waals surface area contributed by atoms with E-state index in [0.29, 0.717) is 41.6 Å². The summed E-state index contributed by atoms with van der Waals surface area (Å²) in [5, 5.41) is 20.8. The predicted octanol–water partition coefficient (Wildman–Crippen LogP) is 3.72. The molecule has 1 aromatic carbocycles. The summed E-state index contributed by atoms with van der Waals surface area (Å²) in [5.74, 6) is 0.502. The van der Waals surface area contributed by atoms with E-state index in [0.717, 1.165) is 11.1 Å². The van der Waals surface area contributed by atoms with E-state index in [-0.39, 0.29) is 17.6 Å². The van der Waals surface area contributed by atoms with Crippen LogP contribution in [-0.4, -0.2) is 76.3 Å². The van der Waals surface area contributed by atoms with Crippen LogP contribution in [0.5, 0.6) is 5.75 Å². The molecule has 214 valence electrons. The molecule has 2 amide bonds. The van der Waals surface area contributed by atoms with E-state index in [9.17, 15) is 9.59 Å². The molecule has 4 rings (SSSR count). The Morgan fingerprint density at radius 2 is 1.95 bits per heavy atom. The van der Waals surface area contributed by atoms with Gasteiger partial charge in [0.25, 0.3) is 5.91 Å². The first-order chi connectivity index (χ1) is 19.8. The number of pyridine rings is 1. The lowest BCUT2D eigenvalue weighted by atomic mass is 10.0. The summed E-state index contributed by atoms with van der Waals surface area (Å²) in [6, 6.07) is 12.5. The van der Waals surface area contributed by atoms with Gasteiger partial charge in [-0.2, -0.15) is 5.10 Å². The number of nitrogens with zero attached hydrogens (tertiary/aromatic N) is 6. The molecule has 0 atom stereocenters. The number of likely N-dealkylation sites (N-methyl/N-ethyl adjacent to an activating group) is 1. The van der Waals surface area contributed by atoms with Crippen LogP contribution in [0.1, 0.15) is 16.1 Å². The average molecular weight is 580 g/mol. The van der Waals surface area contributed by atoms with Gasteiger partial charge in [-0.15, -0.1) is 10.2 Å². The first kappa shape index (κ1) is 29.2. The monoisotopic (exact) mass is 579 g/mol. The van der Waals surface area contributed by atoms with Crippen LogP contribution in [0.2, 0.25) is 5.15 Å². The third kappa shape index (κ3) is 7.68. The summed E-state index contributed by atoms with van der Waals surface area (Å²) in [6.45, 7) is 0.639. The highest BCUT2D eigenvalue weighted by Gasteiger charge is 2.20. The van der Waals surface area contributed by atoms with Gasteiger partial charge in [-0.3, -0.25) is 19.7 Å². The minimum absolute atomic E-state index is 0.0731. The predicted molar refractivity (Wildman–Crippen MR) is 154 cm³/mol. The Hall–Kier alpha value is -4.75. The van der Waals surface area contributed by atoms with Crippen molar-refractivity contribution in [3.05, 3.63) is 71.3 Å². The zero-order valence-electron chi connectivity index (χ0n) is 23.0. The molecule has 0 spiro atoms. The largest absolute Gasteiger partial charge is 0.494 e. The van der Waals surface area contributed by atoms with Gasteiger partial charge in [0.05, 0.1) is 24.2 Å². The van der Waals surface area contributed by atoms with Crippen molar-refractivity contribution >= 4 is 40.8 Å². The molecule has 14 heteroatoms. The van der Waals surface area contributed by atoms with Crippen LogP contribution in [0.3, 0.4) is 0 Å². The topological polar surface area (TPSA) is 148 Å². The number of carbonyl (C=O) groups excluding carboxylic acids is 2. The van der Waals surface area contributed by atoms with E-state index < -0.39 is 12.0 Å². The zero-order valence-corrected chi connectivity index (χ0v) is 23.8. The molecule has 0 aliphatic carbocycles. The zero-order chi connectivity index (χ0) is 29.4. The van der Waals surface area contributed by atoms with Crippen LogP contribution in [0.15, 0.2) is 54.9 Å². The van der Waals surface area contributed by atoms with Crippen molar-refractivity contribution < 1.29 is 19.1 Å². The molecule has 0 bridgehead atoms. The third-order valence-corrected chi connectivity index (χ3v) is 6.10. The van der Waals surface area contributed by atoms with E-state index in [1.165, 1.54) is 13.1 Å². The van der Waals surface area contributed by atoms with Crippen molar-refractivity contribution in [2.24, 2.45) is 7.05 Å². The van der Waals surface area contributed by atoms with Gasteiger partial charge in [-0.25, -0.2) is 9.78 Å². The van der Waals surface area contributed by atoms with Crippen molar-refractivity contribution in [1.29, 1.82) is 0 Å². The van der Waals surface area contributed by atoms with Crippen molar-refractivity contribution in [1.82, 2.24) is 35.2 Å². The van der Waals surface area contributed by atoms with E-state index in [2.05, 4.69) is 36.2 Å². The van der Waals surface area contributed by atoms with Gasteiger partial charge >= 0.3 is 6.09 Å². The Labute approximate surface area is 241 Å². The van der Waals surface area contributed by atoms with Gasteiger partial charge in [0.1, 0.15) is 12.5 Å². The summed E-state index contributed by atoms with van der Waals surface area (Å²) in [7, 11) is 6.74. The van der Waals surface area contributed by atoms with Gasteiger partial charge in [0.2, 0.25) is 0 Å². The first-order valence-electron chi connectivity index (χ1n) is 12.5. The van der Waals surface area contributed by atoms with Crippen molar-refractivity contribution in [3.63, 3.8) is 0 Å². The molecule has 0 saturated carbocycles. The Kier molecular flexibility index (Phi) is 9.66. The molecule has 0 saturated heterocycles. The fraction of sp³-hybridized carbons (Fsp3) is 0.259. The summed E-state index contributed by atoms with van der Waals surface area (Å²) in [5.41, 5.74) is 3.40. The molecular weight excluding hydrogens is 550 g/mol. The summed E-state index contributed by atoms with van der Waals surface area (Å²) >= 11 is 6.11. The van der Waals surface area contributed by atoms with E-state index in [1.54, 1.807) is 36.2 Å². The number of amides is 2. The molecule has 13 nitrogen and oxygen atoms in total. The van der Waals surface area contributed by atoms with Crippen molar-refractivity contribution in [3.8, 4) is 17.0 Å². The van der Waals surface area contributed by atoms with Crippen LogP contribution in [0.4, 0.5) is 22.0 Å². The second kappa shape index (κ2) is 13.5. The normalized spacial score (nSPS) is 10.8. The number of ether oxygens (including phenoxy) is 2. The number of hydrogen-bond donors (Lipinski definition) is 3. The van der Waals surface area contributed by atoms with Crippen LogP contribution < -0.4 is 20.7 Å². The summed E-state index contributed by atoms with van der Waals surface area (Å²) in [6.07, 6.45) is 3.42. The van der Waals surface area contributed by atoms with Gasteiger partial charge in [0.15, 0.2) is 16.6 Å². The summed E-state index contributed by atoms with van der Waals surface area (Å²) < 4.78 is 12.8. The fourth-order valence-electron chi connectivity index (χ4n) is 3.92. The van der Waals surface area contributed by atoms with Crippen molar-refractivity contribution in [2.45, 2.75) is 6.42 Å². The van der Waals surface area contributed by atoms with Crippen molar-refractivity contribution in [2.75, 3.05) is 45.1 Å². The number of benzene rings is 1. The second-order valence-electron chi connectivity index (χ2n) is 8.96. The molecule has 0 radical (unpaired) electrons. The van der Waals surface area contributed by atoms with E-state index in [1.807, 2.05) is 43.4 Å². The van der Waals surface area contributed by atoms with Gasteiger partial charge in [0, 0.05) is 44.7 Å². The lowest BCUT2D eigenvalue weighted by Crippen LogP contribution is -2.28. The van der Waals surface area contributed by atoms with Gasteiger partial charge in [-0.05, 0) is 49.4 Å². The minimum Gasteiger partial charge on any atom is -0.494 e. The van der Waals surface area contributed by atoms with Crippen LogP contribution in [0, 0.1) is 0 Å². The summed E-state index contributed by atoms with van der Waals surface area (Å²) in [4.78, 5) is 30.5. The molecule has 4 aromatic rings. The Bertz CT molecular complexity index is 1510. The van der Waals surface area contributed by atoms with E-state index >= 15 is 0 Å². The maximum Gasteiger partial charge on any atom is 0.414 e. The molecule has 0 aliphatic rings. The molecule has 0 aliphatic heterocycles. The number of methoxy groups -OCH3 is 1. The Morgan fingerprint density at radius 1 is 1.12 bits per heavy atom. The van der Waals surface area contributed by atoms with Crippen LogP contribution in [0.25, 0.3) is 11.3 Å². The average Bonchev–Trinajstić information content (AvgIpc) is 3.41. The number of halogens is 1. The van der Waals surface area contributed by atoms with Gasteiger partial charge in [-0.1, -0.05) is 17.7 Å².